The molecule has 1 aromatic carbocycles. The lowest BCUT2D eigenvalue weighted by Crippen LogP contribution is -2.36. The molecule has 2 rings (SSSR count). The van der Waals surface area contributed by atoms with Crippen LogP contribution in [0.2, 0.25) is 0 Å². The van der Waals surface area contributed by atoms with Gasteiger partial charge in [0.25, 0.3) is 5.91 Å². The van der Waals surface area contributed by atoms with Gasteiger partial charge in [-0.3, -0.25) is 4.79 Å². The second kappa shape index (κ2) is 5.18. The Balaban J connectivity index is 2.45. The normalized spacial score (nSPS) is 10.9. The first-order valence-electron chi connectivity index (χ1n) is 6.33. The van der Waals surface area contributed by atoms with Crippen LogP contribution in [-0.4, -0.2) is 28.4 Å². The minimum Gasteiger partial charge on any atom is -0.399 e. The number of nitrogens with one attached hydrogen (secondary N) is 1. The summed E-state index contributed by atoms with van der Waals surface area (Å²) >= 11 is 0. The SMILES string of the molecule is C=CCN(C(=O)c1c[nH]c2ccc(N)cc12)C(C)C. The van der Waals surface area contributed by atoms with Crippen molar-refractivity contribution in [2.24, 2.45) is 0 Å². The lowest BCUT2D eigenvalue weighted by molar-refractivity contribution is 0.0731. The summed E-state index contributed by atoms with van der Waals surface area (Å²) in [6, 6.07) is 5.65. The fourth-order valence-corrected chi connectivity index (χ4v) is 2.14. The number of carbonyl (C=O) groups is 1. The molecule has 0 fully saturated rings. The number of nitrogen functional groups attached to an aromatic ring is 1. The van der Waals surface area contributed by atoms with Crippen LogP contribution in [0.1, 0.15) is 24.2 Å². The Hall–Kier alpha value is -2.23. The highest BCUT2D eigenvalue weighted by molar-refractivity contribution is 6.07. The number of rotatable bonds is 4. The first kappa shape index (κ1) is 13.2. The van der Waals surface area contributed by atoms with Crippen LogP contribution in [0.15, 0.2) is 37.1 Å². The Bertz CT molecular complexity index is 613. The Kier molecular flexibility index (Phi) is 3.60. The van der Waals surface area contributed by atoms with Crippen LogP contribution in [0.3, 0.4) is 0 Å². The molecule has 4 nitrogen and oxygen atoms in total. The van der Waals surface area contributed by atoms with Crippen LogP contribution in [0, 0.1) is 0 Å². The molecule has 0 unspecified atom stereocenters. The molecule has 100 valence electrons. The monoisotopic (exact) mass is 257 g/mol. The fourth-order valence-electron chi connectivity index (χ4n) is 2.14. The number of fused-ring (bicyclic) bond motifs is 1. The zero-order valence-electron chi connectivity index (χ0n) is 11.3. The van der Waals surface area contributed by atoms with E-state index in [0.717, 1.165) is 10.9 Å². The summed E-state index contributed by atoms with van der Waals surface area (Å²) in [5.41, 5.74) is 8.01. The quantitative estimate of drug-likeness (QED) is 0.653. The topological polar surface area (TPSA) is 62.1 Å². The number of hydrogen-bond donors (Lipinski definition) is 2. The van der Waals surface area contributed by atoms with Gasteiger partial charge in [-0.25, -0.2) is 0 Å². The largest absolute Gasteiger partial charge is 0.399 e. The van der Waals surface area contributed by atoms with Crippen LogP contribution >= 0.6 is 0 Å². The summed E-state index contributed by atoms with van der Waals surface area (Å²) in [5.74, 6) is -0.00764. The lowest BCUT2D eigenvalue weighted by atomic mass is 10.1. The number of amides is 1. The van der Waals surface area contributed by atoms with Crippen LogP contribution in [0.5, 0.6) is 0 Å². The third kappa shape index (κ3) is 2.47. The number of anilines is 1. The molecule has 0 saturated carbocycles. The van der Waals surface area contributed by atoms with E-state index in [1.165, 1.54) is 0 Å². The van der Waals surface area contributed by atoms with Gasteiger partial charge in [0.15, 0.2) is 0 Å². The molecule has 1 aromatic heterocycles. The zero-order chi connectivity index (χ0) is 14.0. The molecule has 0 atom stereocenters. The molecular formula is C15H19N3O. The van der Waals surface area contributed by atoms with E-state index in [-0.39, 0.29) is 11.9 Å². The van der Waals surface area contributed by atoms with Crippen molar-refractivity contribution in [2.75, 3.05) is 12.3 Å². The number of hydrogen-bond acceptors (Lipinski definition) is 2. The van der Waals surface area contributed by atoms with E-state index < -0.39 is 0 Å². The van der Waals surface area contributed by atoms with Crippen molar-refractivity contribution in [3.8, 4) is 0 Å². The van der Waals surface area contributed by atoms with Gasteiger partial charge in [-0.2, -0.15) is 0 Å². The molecule has 1 heterocycles. The molecule has 0 spiro atoms. The Labute approximate surface area is 112 Å². The van der Waals surface area contributed by atoms with E-state index in [4.69, 9.17) is 5.73 Å². The summed E-state index contributed by atoms with van der Waals surface area (Å²) in [6.07, 6.45) is 3.48. The van der Waals surface area contributed by atoms with Gasteiger partial charge in [0.1, 0.15) is 0 Å². The predicted octanol–water partition coefficient (Wildman–Crippen LogP) is 2.79. The maximum Gasteiger partial charge on any atom is 0.256 e. The molecule has 2 aromatic rings. The summed E-state index contributed by atoms with van der Waals surface area (Å²) in [7, 11) is 0. The van der Waals surface area contributed by atoms with E-state index in [1.807, 2.05) is 32.0 Å². The highest BCUT2D eigenvalue weighted by Crippen LogP contribution is 2.22. The van der Waals surface area contributed by atoms with E-state index in [2.05, 4.69) is 11.6 Å². The number of aromatic nitrogens is 1. The molecule has 3 N–H and O–H groups in total. The maximum absolute atomic E-state index is 12.6. The molecule has 0 aliphatic rings. The van der Waals surface area contributed by atoms with Gasteiger partial charge in [-0.15, -0.1) is 6.58 Å². The van der Waals surface area contributed by atoms with Crippen LogP contribution in [0.4, 0.5) is 5.69 Å². The molecule has 1 amide bonds. The average molecular weight is 257 g/mol. The molecule has 0 saturated heterocycles. The minimum absolute atomic E-state index is 0.00764. The third-order valence-corrected chi connectivity index (χ3v) is 3.15. The van der Waals surface area contributed by atoms with Gasteiger partial charge in [-0.1, -0.05) is 6.08 Å². The van der Waals surface area contributed by atoms with E-state index in [0.29, 0.717) is 17.8 Å². The molecule has 0 aliphatic heterocycles. The Morgan fingerprint density at radius 3 is 2.89 bits per heavy atom. The molecule has 19 heavy (non-hydrogen) atoms. The standard InChI is InChI=1S/C15H19N3O/c1-4-7-18(10(2)3)15(19)13-9-17-14-6-5-11(16)8-12(13)14/h4-6,8-10,17H,1,7,16H2,2-3H3. The molecular weight excluding hydrogens is 238 g/mol. The number of aromatic amines is 1. The van der Waals surface area contributed by atoms with Gasteiger partial charge in [0.05, 0.1) is 5.56 Å². The van der Waals surface area contributed by atoms with Crippen LogP contribution in [-0.2, 0) is 0 Å². The van der Waals surface area contributed by atoms with Crippen molar-refractivity contribution < 1.29 is 4.79 Å². The molecule has 0 radical (unpaired) electrons. The first-order valence-corrected chi connectivity index (χ1v) is 6.33. The van der Waals surface area contributed by atoms with Crippen molar-refractivity contribution in [2.45, 2.75) is 19.9 Å². The fraction of sp³-hybridized carbons (Fsp3) is 0.267. The average Bonchev–Trinajstić information content (AvgIpc) is 2.77. The first-order chi connectivity index (χ1) is 9.04. The van der Waals surface area contributed by atoms with Crippen molar-refractivity contribution in [3.63, 3.8) is 0 Å². The van der Waals surface area contributed by atoms with Crippen molar-refractivity contribution in [3.05, 3.63) is 42.6 Å². The van der Waals surface area contributed by atoms with Gasteiger partial charge in [0.2, 0.25) is 0 Å². The van der Waals surface area contributed by atoms with Gasteiger partial charge in [0, 0.05) is 35.4 Å². The number of nitrogens with zero attached hydrogens (tertiary/aromatic N) is 1. The van der Waals surface area contributed by atoms with Gasteiger partial charge < -0.3 is 15.6 Å². The Morgan fingerprint density at radius 2 is 2.26 bits per heavy atom. The second-order valence-electron chi connectivity index (χ2n) is 4.85. The highest BCUT2D eigenvalue weighted by Gasteiger charge is 2.20. The summed E-state index contributed by atoms with van der Waals surface area (Å²) in [5, 5.41) is 0.861. The Morgan fingerprint density at radius 1 is 1.53 bits per heavy atom. The van der Waals surface area contributed by atoms with Crippen LogP contribution < -0.4 is 5.73 Å². The third-order valence-electron chi connectivity index (χ3n) is 3.15. The predicted molar refractivity (Wildman–Crippen MR) is 79.1 cm³/mol. The van der Waals surface area contributed by atoms with Gasteiger partial charge in [-0.05, 0) is 32.0 Å². The smallest absolute Gasteiger partial charge is 0.256 e. The van der Waals surface area contributed by atoms with Crippen molar-refractivity contribution >= 4 is 22.5 Å². The summed E-state index contributed by atoms with van der Waals surface area (Å²) in [6.45, 7) is 8.22. The maximum atomic E-state index is 12.6. The van der Waals surface area contributed by atoms with Gasteiger partial charge >= 0.3 is 0 Å². The van der Waals surface area contributed by atoms with Crippen molar-refractivity contribution in [1.82, 2.24) is 9.88 Å². The highest BCUT2D eigenvalue weighted by atomic mass is 16.2. The number of benzene rings is 1. The van der Waals surface area contributed by atoms with Crippen LogP contribution in [0.25, 0.3) is 10.9 Å². The van der Waals surface area contributed by atoms with Crippen molar-refractivity contribution in [1.29, 1.82) is 0 Å². The minimum atomic E-state index is -0.00764. The molecule has 0 bridgehead atoms. The lowest BCUT2D eigenvalue weighted by Gasteiger charge is -2.25. The summed E-state index contributed by atoms with van der Waals surface area (Å²) in [4.78, 5) is 17.5. The second-order valence-corrected chi connectivity index (χ2v) is 4.85. The number of carbonyl (C=O) groups excluding carboxylic acids is 1. The van der Waals surface area contributed by atoms with E-state index in [1.54, 1.807) is 17.2 Å². The van der Waals surface area contributed by atoms with E-state index >= 15 is 0 Å². The zero-order valence-corrected chi connectivity index (χ0v) is 11.3. The molecule has 0 aliphatic carbocycles. The number of H-pyrrole nitrogens is 1. The van der Waals surface area contributed by atoms with E-state index in [9.17, 15) is 4.79 Å². The molecule has 4 heteroatoms. The number of nitrogens with two attached hydrogens (primary N) is 1. The summed E-state index contributed by atoms with van der Waals surface area (Å²) < 4.78 is 0.